The van der Waals surface area contributed by atoms with Crippen molar-refractivity contribution in [3.8, 4) is 5.75 Å². The van der Waals surface area contributed by atoms with Crippen molar-refractivity contribution in [3.05, 3.63) is 28.8 Å². The first-order chi connectivity index (χ1) is 10.1. The molecule has 5 heteroatoms. The van der Waals surface area contributed by atoms with Gasteiger partial charge in [0, 0.05) is 29.7 Å². The van der Waals surface area contributed by atoms with Crippen LogP contribution in [0.3, 0.4) is 0 Å². The maximum absolute atomic E-state index is 6.43. The van der Waals surface area contributed by atoms with E-state index < -0.39 is 0 Å². The maximum atomic E-state index is 6.43. The van der Waals surface area contributed by atoms with Gasteiger partial charge >= 0.3 is 0 Å². The Balaban J connectivity index is 2.38. The van der Waals surface area contributed by atoms with E-state index in [9.17, 15) is 0 Å². The van der Waals surface area contributed by atoms with E-state index >= 15 is 0 Å². The Morgan fingerprint density at radius 3 is 2.90 bits per heavy atom. The number of ether oxygens (including phenoxy) is 2. The minimum atomic E-state index is 0.0462. The quantitative estimate of drug-likeness (QED) is 0.908. The maximum Gasteiger partial charge on any atom is 0.125 e. The average molecular weight is 313 g/mol. The van der Waals surface area contributed by atoms with E-state index in [4.69, 9.17) is 26.8 Å². The number of benzene rings is 1. The molecule has 0 aliphatic carbocycles. The van der Waals surface area contributed by atoms with Gasteiger partial charge in [-0.3, -0.25) is 4.90 Å². The summed E-state index contributed by atoms with van der Waals surface area (Å²) >= 11 is 6.43. The fourth-order valence-electron chi connectivity index (χ4n) is 3.04. The fraction of sp³-hybridized carbons (Fsp3) is 0.625. The molecule has 1 aliphatic heterocycles. The smallest absolute Gasteiger partial charge is 0.125 e. The normalized spacial score (nSPS) is 24.8. The number of methoxy groups -OCH3 is 1. The van der Waals surface area contributed by atoms with Crippen molar-refractivity contribution >= 4 is 11.6 Å². The van der Waals surface area contributed by atoms with E-state index in [1.165, 1.54) is 0 Å². The molecule has 0 spiro atoms. The Kier molecular flexibility index (Phi) is 5.88. The molecule has 0 bridgehead atoms. The van der Waals surface area contributed by atoms with Gasteiger partial charge in [0.15, 0.2) is 0 Å². The molecular weight excluding hydrogens is 288 g/mol. The Morgan fingerprint density at radius 2 is 2.29 bits per heavy atom. The van der Waals surface area contributed by atoms with Crippen LogP contribution in [-0.4, -0.2) is 43.9 Å². The SMILES string of the molecule is CCC1COC(C)CN1C(CN)c1c(Cl)cccc1OC. The predicted octanol–water partition coefficient (Wildman–Crippen LogP) is 2.85. The van der Waals surface area contributed by atoms with Crippen LogP contribution in [0.25, 0.3) is 0 Å². The van der Waals surface area contributed by atoms with Crippen LogP contribution >= 0.6 is 11.6 Å². The molecule has 0 amide bonds. The van der Waals surface area contributed by atoms with E-state index in [2.05, 4.69) is 18.7 Å². The lowest BCUT2D eigenvalue weighted by atomic mass is 9.99. The summed E-state index contributed by atoms with van der Waals surface area (Å²) < 4.78 is 11.3. The molecule has 1 aromatic carbocycles. The molecule has 1 aliphatic rings. The summed E-state index contributed by atoms with van der Waals surface area (Å²) in [5.74, 6) is 0.798. The number of morpholine rings is 1. The van der Waals surface area contributed by atoms with Gasteiger partial charge in [-0.15, -0.1) is 0 Å². The Labute approximate surface area is 132 Å². The molecule has 1 fully saturated rings. The zero-order valence-corrected chi connectivity index (χ0v) is 13.8. The molecule has 118 valence electrons. The number of rotatable bonds is 5. The van der Waals surface area contributed by atoms with E-state index in [1.807, 2.05) is 18.2 Å². The number of nitrogens with two attached hydrogens (primary N) is 1. The van der Waals surface area contributed by atoms with E-state index in [1.54, 1.807) is 7.11 Å². The Hall–Kier alpha value is -0.810. The van der Waals surface area contributed by atoms with Gasteiger partial charge < -0.3 is 15.2 Å². The van der Waals surface area contributed by atoms with Gasteiger partial charge in [-0.1, -0.05) is 24.6 Å². The molecule has 3 atom stereocenters. The third-order valence-electron chi connectivity index (χ3n) is 4.17. The van der Waals surface area contributed by atoms with Crippen molar-refractivity contribution in [2.45, 2.75) is 38.5 Å². The molecule has 4 nitrogen and oxygen atoms in total. The number of halogens is 1. The molecule has 0 saturated carbocycles. The lowest BCUT2D eigenvalue weighted by Gasteiger charge is -2.43. The molecule has 0 radical (unpaired) electrons. The largest absolute Gasteiger partial charge is 0.496 e. The summed E-state index contributed by atoms with van der Waals surface area (Å²) in [6, 6.07) is 6.14. The van der Waals surface area contributed by atoms with Crippen LogP contribution < -0.4 is 10.5 Å². The molecule has 21 heavy (non-hydrogen) atoms. The predicted molar refractivity (Wildman–Crippen MR) is 86.0 cm³/mol. The standard InChI is InChI=1S/C16H25ClN2O2/c1-4-12-10-21-11(2)9-19(12)14(8-18)16-13(17)6-5-7-15(16)20-3/h5-7,11-12,14H,4,8-10,18H2,1-3H3. The van der Waals surface area contributed by atoms with Crippen LogP contribution in [0.15, 0.2) is 18.2 Å². The highest BCUT2D eigenvalue weighted by Crippen LogP contribution is 2.37. The topological polar surface area (TPSA) is 47.7 Å². The summed E-state index contributed by atoms with van der Waals surface area (Å²) in [7, 11) is 1.67. The van der Waals surface area contributed by atoms with Crippen LogP contribution in [0.2, 0.25) is 5.02 Å². The highest BCUT2D eigenvalue weighted by molar-refractivity contribution is 6.31. The second-order valence-corrected chi connectivity index (χ2v) is 5.92. The van der Waals surface area contributed by atoms with Crippen LogP contribution in [0.5, 0.6) is 5.75 Å². The Morgan fingerprint density at radius 1 is 1.52 bits per heavy atom. The zero-order chi connectivity index (χ0) is 15.4. The van der Waals surface area contributed by atoms with Crippen molar-refractivity contribution in [2.24, 2.45) is 5.73 Å². The summed E-state index contributed by atoms with van der Waals surface area (Å²) in [4.78, 5) is 2.41. The van der Waals surface area contributed by atoms with E-state index in [0.29, 0.717) is 17.6 Å². The highest BCUT2D eigenvalue weighted by Gasteiger charge is 2.33. The van der Waals surface area contributed by atoms with Gasteiger partial charge in [0.1, 0.15) is 5.75 Å². The molecular formula is C16H25ClN2O2. The fourth-order valence-corrected chi connectivity index (χ4v) is 3.33. The minimum Gasteiger partial charge on any atom is -0.496 e. The number of hydrogen-bond donors (Lipinski definition) is 1. The molecule has 2 N–H and O–H groups in total. The summed E-state index contributed by atoms with van der Waals surface area (Å²) in [5.41, 5.74) is 7.08. The molecule has 2 rings (SSSR count). The van der Waals surface area contributed by atoms with Crippen LogP contribution in [0.1, 0.15) is 31.9 Å². The third-order valence-corrected chi connectivity index (χ3v) is 4.50. The molecule has 0 aromatic heterocycles. The highest BCUT2D eigenvalue weighted by atomic mass is 35.5. The zero-order valence-electron chi connectivity index (χ0n) is 13.0. The van der Waals surface area contributed by atoms with E-state index in [-0.39, 0.29) is 12.1 Å². The van der Waals surface area contributed by atoms with Crippen LogP contribution in [0, 0.1) is 0 Å². The number of hydrogen-bond acceptors (Lipinski definition) is 4. The van der Waals surface area contributed by atoms with Gasteiger partial charge in [-0.25, -0.2) is 0 Å². The van der Waals surface area contributed by atoms with Crippen molar-refractivity contribution < 1.29 is 9.47 Å². The van der Waals surface area contributed by atoms with Gasteiger partial charge in [-0.05, 0) is 25.5 Å². The van der Waals surface area contributed by atoms with Crippen molar-refractivity contribution in [1.82, 2.24) is 4.90 Å². The summed E-state index contributed by atoms with van der Waals surface area (Å²) in [6.07, 6.45) is 1.23. The second kappa shape index (κ2) is 7.45. The number of nitrogens with zero attached hydrogens (tertiary/aromatic N) is 1. The second-order valence-electron chi connectivity index (χ2n) is 5.51. The summed E-state index contributed by atoms with van der Waals surface area (Å²) in [6.45, 7) is 6.36. The van der Waals surface area contributed by atoms with E-state index in [0.717, 1.165) is 30.9 Å². The van der Waals surface area contributed by atoms with Crippen molar-refractivity contribution in [3.63, 3.8) is 0 Å². The lowest BCUT2D eigenvalue weighted by Crippen LogP contribution is -2.51. The minimum absolute atomic E-state index is 0.0462. The molecule has 1 aromatic rings. The first-order valence-corrected chi connectivity index (χ1v) is 7.89. The first-order valence-electron chi connectivity index (χ1n) is 7.52. The lowest BCUT2D eigenvalue weighted by molar-refractivity contribution is -0.0721. The van der Waals surface area contributed by atoms with Crippen molar-refractivity contribution in [2.75, 3.05) is 26.8 Å². The molecule has 1 saturated heterocycles. The Bertz CT molecular complexity index is 470. The van der Waals surface area contributed by atoms with Crippen LogP contribution in [0.4, 0.5) is 0 Å². The van der Waals surface area contributed by atoms with Crippen molar-refractivity contribution in [1.29, 1.82) is 0 Å². The molecule has 1 heterocycles. The third kappa shape index (κ3) is 3.51. The first kappa shape index (κ1) is 16.6. The van der Waals surface area contributed by atoms with Gasteiger partial charge in [0.05, 0.1) is 25.9 Å². The molecule has 3 unspecified atom stereocenters. The summed E-state index contributed by atoms with van der Waals surface area (Å²) in [5, 5.41) is 0.707. The average Bonchev–Trinajstić information content (AvgIpc) is 2.49. The van der Waals surface area contributed by atoms with Crippen LogP contribution in [-0.2, 0) is 4.74 Å². The monoisotopic (exact) mass is 312 g/mol. The van der Waals surface area contributed by atoms with Gasteiger partial charge in [0.25, 0.3) is 0 Å². The van der Waals surface area contributed by atoms with Gasteiger partial charge in [-0.2, -0.15) is 0 Å². The van der Waals surface area contributed by atoms with Gasteiger partial charge in [0.2, 0.25) is 0 Å².